The third kappa shape index (κ3) is 2.77. The van der Waals surface area contributed by atoms with E-state index >= 15 is 0 Å². The molecule has 2 N–H and O–H groups in total. The van der Waals surface area contributed by atoms with Crippen LogP contribution in [0.5, 0.6) is 0 Å². The number of rotatable bonds is 4. The lowest BCUT2D eigenvalue weighted by molar-refractivity contribution is 0.547. The summed E-state index contributed by atoms with van der Waals surface area (Å²) >= 11 is 0. The summed E-state index contributed by atoms with van der Waals surface area (Å²) in [5.74, 6) is -0.922. The van der Waals surface area contributed by atoms with Crippen molar-refractivity contribution >= 4 is 0 Å². The molecular formula is C10H13F2N. The van der Waals surface area contributed by atoms with Gasteiger partial charge in [0.1, 0.15) is 11.6 Å². The Kier molecular flexibility index (Phi) is 3.83. The first-order valence-corrected chi connectivity index (χ1v) is 4.38. The number of benzene rings is 1. The highest BCUT2D eigenvalue weighted by molar-refractivity contribution is 5.19. The van der Waals surface area contributed by atoms with E-state index in [-0.39, 0.29) is 5.56 Å². The second-order valence-electron chi connectivity index (χ2n) is 2.95. The summed E-state index contributed by atoms with van der Waals surface area (Å²) in [5, 5.41) is 0. The van der Waals surface area contributed by atoms with E-state index in [2.05, 4.69) is 0 Å². The maximum Gasteiger partial charge on any atom is 0.129 e. The molecule has 0 radical (unpaired) electrons. The minimum Gasteiger partial charge on any atom is -0.330 e. The fraction of sp³-hybridized carbons (Fsp3) is 0.400. The van der Waals surface area contributed by atoms with Crippen molar-refractivity contribution in [2.45, 2.75) is 19.3 Å². The lowest BCUT2D eigenvalue weighted by Gasteiger charge is -2.03. The quantitative estimate of drug-likeness (QED) is 0.715. The van der Waals surface area contributed by atoms with Crippen LogP contribution >= 0.6 is 0 Å². The lowest BCUT2D eigenvalue weighted by Crippen LogP contribution is -2.01. The number of hydrogen-bond donors (Lipinski definition) is 1. The Hall–Kier alpha value is -0.960. The van der Waals surface area contributed by atoms with Gasteiger partial charge in [-0.05, 0) is 37.9 Å². The Labute approximate surface area is 76.6 Å². The monoisotopic (exact) mass is 185 g/mol. The Bertz CT molecular complexity index is 253. The molecule has 0 fully saturated rings. The highest BCUT2D eigenvalue weighted by Crippen LogP contribution is 2.14. The van der Waals surface area contributed by atoms with Crippen molar-refractivity contribution in [3.05, 3.63) is 35.4 Å². The van der Waals surface area contributed by atoms with E-state index < -0.39 is 11.6 Å². The smallest absolute Gasteiger partial charge is 0.129 e. The van der Waals surface area contributed by atoms with Gasteiger partial charge in [0.25, 0.3) is 0 Å². The first kappa shape index (κ1) is 10.1. The van der Waals surface area contributed by atoms with Crippen LogP contribution in [0.15, 0.2) is 18.2 Å². The molecule has 1 rings (SSSR count). The zero-order chi connectivity index (χ0) is 9.68. The van der Waals surface area contributed by atoms with Gasteiger partial charge < -0.3 is 5.73 Å². The number of unbranched alkanes of at least 4 members (excludes halogenated alkanes) is 1. The van der Waals surface area contributed by atoms with Gasteiger partial charge in [-0.25, -0.2) is 8.78 Å². The number of halogens is 2. The van der Waals surface area contributed by atoms with E-state index in [1.165, 1.54) is 18.2 Å². The molecule has 13 heavy (non-hydrogen) atoms. The van der Waals surface area contributed by atoms with Crippen molar-refractivity contribution in [1.29, 1.82) is 0 Å². The molecule has 1 nitrogen and oxygen atoms in total. The first-order chi connectivity index (χ1) is 6.25. The average molecular weight is 185 g/mol. The largest absolute Gasteiger partial charge is 0.330 e. The van der Waals surface area contributed by atoms with Gasteiger partial charge in [0, 0.05) is 5.56 Å². The molecule has 0 aliphatic carbocycles. The number of hydrogen-bond acceptors (Lipinski definition) is 1. The van der Waals surface area contributed by atoms with Gasteiger partial charge in [-0.1, -0.05) is 6.07 Å². The molecule has 0 saturated heterocycles. The predicted octanol–water partition coefficient (Wildman–Crippen LogP) is 2.25. The van der Waals surface area contributed by atoms with Crippen LogP contribution in [0, 0.1) is 11.6 Å². The van der Waals surface area contributed by atoms with E-state index in [1.54, 1.807) is 0 Å². The molecule has 0 aromatic heterocycles. The highest BCUT2D eigenvalue weighted by atomic mass is 19.1. The molecule has 1 aromatic rings. The minimum absolute atomic E-state index is 0.177. The van der Waals surface area contributed by atoms with Crippen molar-refractivity contribution in [3.63, 3.8) is 0 Å². The number of nitrogens with two attached hydrogens (primary N) is 1. The van der Waals surface area contributed by atoms with Crippen molar-refractivity contribution in [2.24, 2.45) is 5.73 Å². The fourth-order valence-electron chi connectivity index (χ4n) is 1.22. The Morgan fingerprint density at radius 3 is 2.23 bits per heavy atom. The molecule has 0 aliphatic rings. The Morgan fingerprint density at radius 2 is 1.69 bits per heavy atom. The molecule has 1 aromatic carbocycles. The van der Waals surface area contributed by atoms with Crippen molar-refractivity contribution in [1.82, 2.24) is 0 Å². The third-order valence-corrected chi connectivity index (χ3v) is 1.94. The van der Waals surface area contributed by atoms with Crippen LogP contribution in [0.4, 0.5) is 8.78 Å². The fourth-order valence-corrected chi connectivity index (χ4v) is 1.22. The van der Waals surface area contributed by atoms with E-state index in [4.69, 9.17) is 5.73 Å². The van der Waals surface area contributed by atoms with Gasteiger partial charge in [0.2, 0.25) is 0 Å². The van der Waals surface area contributed by atoms with Crippen molar-refractivity contribution in [2.75, 3.05) is 6.54 Å². The lowest BCUT2D eigenvalue weighted by atomic mass is 10.1. The zero-order valence-electron chi connectivity index (χ0n) is 7.39. The van der Waals surface area contributed by atoms with Gasteiger partial charge in [-0.15, -0.1) is 0 Å². The molecule has 0 bridgehead atoms. The van der Waals surface area contributed by atoms with E-state index in [0.29, 0.717) is 13.0 Å². The summed E-state index contributed by atoms with van der Waals surface area (Å²) in [4.78, 5) is 0. The van der Waals surface area contributed by atoms with Gasteiger partial charge in [-0.3, -0.25) is 0 Å². The normalized spacial score (nSPS) is 10.4. The second-order valence-corrected chi connectivity index (χ2v) is 2.95. The molecule has 3 heteroatoms. The van der Waals surface area contributed by atoms with Crippen LogP contribution in [0.1, 0.15) is 18.4 Å². The predicted molar refractivity (Wildman–Crippen MR) is 48.4 cm³/mol. The van der Waals surface area contributed by atoms with E-state index in [1.807, 2.05) is 0 Å². The molecule has 0 amide bonds. The van der Waals surface area contributed by atoms with Crippen LogP contribution in [0.3, 0.4) is 0 Å². The van der Waals surface area contributed by atoms with Crippen LogP contribution < -0.4 is 5.73 Å². The molecule has 0 spiro atoms. The van der Waals surface area contributed by atoms with Gasteiger partial charge in [-0.2, -0.15) is 0 Å². The van der Waals surface area contributed by atoms with E-state index in [0.717, 1.165) is 12.8 Å². The molecule has 0 atom stereocenters. The van der Waals surface area contributed by atoms with Gasteiger partial charge in [0.15, 0.2) is 0 Å². The molecule has 0 aliphatic heterocycles. The standard InChI is InChI=1S/C10H13F2N/c11-9-5-3-6-10(12)8(9)4-1-2-7-13/h3,5-6H,1-2,4,7,13H2. The van der Waals surface area contributed by atoms with Crippen LogP contribution in [0.2, 0.25) is 0 Å². The summed E-state index contributed by atoms with van der Waals surface area (Å²) in [7, 11) is 0. The first-order valence-electron chi connectivity index (χ1n) is 4.38. The molecule has 0 saturated carbocycles. The summed E-state index contributed by atoms with van der Waals surface area (Å²) in [5.41, 5.74) is 5.46. The zero-order valence-corrected chi connectivity index (χ0v) is 7.39. The summed E-state index contributed by atoms with van der Waals surface area (Å²) in [6.07, 6.45) is 1.96. The molecule has 0 unspecified atom stereocenters. The molecular weight excluding hydrogens is 172 g/mol. The van der Waals surface area contributed by atoms with Gasteiger partial charge >= 0.3 is 0 Å². The van der Waals surface area contributed by atoms with Crippen LogP contribution in [-0.2, 0) is 6.42 Å². The average Bonchev–Trinajstić information content (AvgIpc) is 2.10. The van der Waals surface area contributed by atoms with Crippen LogP contribution in [-0.4, -0.2) is 6.54 Å². The Balaban J connectivity index is 2.64. The van der Waals surface area contributed by atoms with E-state index in [9.17, 15) is 8.78 Å². The molecule has 72 valence electrons. The van der Waals surface area contributed by atoms with Crippen LogP contribution in [0.25, 0.3) is 0 Å². The summed E-state index contributed by atoms with van der Waals surface area (Å²) < 4.78 is 26.0. The third-order valence-electron chi connectivity index (χ3n) is 1.94. The second kappa shape index (κ2) is 4.92. The maximum absolute atomic E-state index is 13.0. The minimum atomic E-state index is -0.461. The molecule has 0 heterocycles. The maximum atomic E-state index is 13.0. The Morgan fingerprint density at radius 1 is 1.08 bits per heavy atom. The SMILES string of the molecule is NCCCCc1c(F)cccc1F. The summed E-state index contributed by atoms with van der Waals surface area (Å²) in [6.45, 7) is 0.566. The highest BCUT2D eigenvalue weighted by Gasteiger charge is 2.06. The summed E-state index contributed by atoms with van der Waals surface area (Å²) in [6, 6.07) is 3.93. The van der Waals surface area contributed by atoms with Crippen molar-refractivity contribution in [3.8, 4) is 0 Å². The van der Waals surface area contributed by atoms with Crippen molar-refractivity contribution < 1.29 is 8.78 Å². The van der Waals surface area contributed by atoms with Gasteiger partial charge in [0.05, 0.1) is 0 Å². The topological polar surface area (TPSA) is 26.0 Å².